The summed E-state index contributed by atoms with van der Waals surface area (Å²) in [6, 6.07) is 0.232. The predicted molar refractivity (Wildman–Crippen MR) is 64.1 cm³/mol. The second kappa shape index (κ2) is 5.48. The highest BCUT2D eigenvalue weighted by atomic mass is 16.3. The molecule has 0 spiro atoms. The molecule has 0 amide bonds. The molecule has 1 heterocycles. The van der Waals surface area contributed by atoms with Crippen molar-refractivity contribution in [1.29, 1.82) is 0 Å². The van der Waals surface area contributed by atoms with Crippen molar-refractivity contribution in [3.8, 4) is 0 Å². The Bertz CT molecular complexity index is 315. The number of oxazole rings is 1. The highest BCUT2D eigenvalue weighted by Crippen LogP contribution is 2.27. The van der Waals surface area contributed by atoms with Crippen molar-refractivity contribution in [3.63, 3.8) is 0 Å². The van der Waals surface area contributed by atoms with Crippen LogP contribution in [0.25, 0.3) is 0 Å². The summed E-state index contributed by atoms with van der Waals surface area (Å²) in [6.07, 6.45) is 10.7. The van der Waals surface area contributed by atoms with E-state index in [1.54, 1.807) is 6.20 Å². The van der Waals surface area contributed by atoms with Gasteiger partial charge in [0.25, 0.3) is 0 Å². The Kier molecular flexibility index (Phi) is 3.99. The molecular weight excluding hydrogens is 200 g/mol. The lowest BCUT2D eigenvalue weighted by molar-refractivity contribution is 0.311. The van der Waals surface area contributed by atoms with Gasteiger partial charge in [0.2, 0.25) is 0 Å². The summed E-state index contributed by atoms with van der Waals surface area (Å²) in [5.41, 5.74) is 6.16. The Hall–Kier alpha value is -0.830. The third kappa shape index (κ3) is 3.34. The molecule has 0 radical (unpaired) electrons. The molecule has 1 aromatic rings. The molecule has 0 bridgehead atoms. The average Bonchev–Trinajstić information content (AvgIpc) is 2.65. The fourth-order valence-electron chi connectivity index (χ4n) is 2.69. The normalized spacial score (nSPS) is 19.9. The topological polar surface area (TPSA) is 52.0 Å². The molecule has 1 saturated carbocycles. The van der Waals surface area contributed by atoms with Crippen LogP contribution in [0, 0.1) is 12.8 Å². The van der Waals surface area contributed by atoms with E-state index in [0.717, 1.165) is 30.4 Å². The van der Waals surface area contributed by atoms with E-state index < -0.39 is 0 Å². The lowest BCUT2D eigenvalue weighted by Crippen LogP contribution is -2.26. The van der Waals surface area contributed by atoms with E-state index in [4.69, 9.17) is 10.2 Å². The second-order valence-electron chi connectivity index (χ2n) is 5.05. The first kappa shape index (κ1) is 11.6. The maximum atomic E-state index is 6.16. The Morgan fingerprint density at radius 3 is 2.81 bits per heavy atom. The van der Waals surface area contributed by atoms with Crippen LogP contribution in [0.3, 0.4) is 0 Å². The Morgan fingerprint density at radius 2 is 2.19 bits per heavy atom. The van der Waals surface area contributed by atoms with Crippen molar-refractivity contribution >= 4 is 0 Å². The van der Waals surface area contributed by atoms with E-state index in [9.17, 15) is 0 Å². The van der Waals surface area contributed by atoms with Crippen LogP contribution < -0.4 is 5.73 Å². The molecule has 1 atom stereocenters. The number of nitrogens with zero attached hydrogens (tertiary/aromatic N) is 1. The molecule has 0 saturated heterocycles. The average molecular weight is 222 g/mol. The molecule has 1 unspecified atom stereocenters. The predicted octanol–water partition coefficient (Wildman–Crippen LogP) is 2.82. The first-order valence-electron chi connectivity index (χ1n) is 6.41. The third-order valence-corrected chi connectivity index (χ3v) is 3.49. The number of aromatic nitrogens is 1. The van der Waals surface area contributed by atoms with Crippen LogP contribution in [-0.2, 0) is 6.42 Å². The highest BCUT2D eigenvalue weighted by molar-refractivity contribution is 4.95. The summed E-state index contributed by atoms with van der Waals surface area (Å²) in [4.78, 5) is 4.09. The van der Waals surface area contributed by atoms with Crippen LogP contribution in [0.5, 0.6) is 0 Å². The van der Waals surface area contributed by atoms with Crippen LogP contribution in [0.4, 0.5) is 0 Å². The molecule has 1 fully saturated rings. The molecule has 90 valence electrons. The standard InChI is InChI=1S/C13H22N2O/c1-10-15-9-13(16-10)8-12(14)7-11-5-3-2-4-6-11/h9,11-12H,2-8,14H2,1H3. The van der Waals surface area contributed by atoms with Gasteiger partial charge in [-0.05, 0) is 12.3 Å². The largest absolute Gasteiger partial charge is 0.446 e. The van der Waals surface area contributed by atoms with Gasteiger partial charge in [0.1, 0.15) is 5.76 Å². The van der Waals surface area contributed by atoms with Crippen molar-refractivity contribution in [2.75, 3.05) is 0 Å². The molecular formula is C13H22N2O. The Labute approximate surface area is 97.4 Å². The van der Waals surface area contributed by atoms with Crippen LogP contribution in [0.1, 0.15) is 50.2 Å². The number of nitrogens with two attached hydrogens (primary N) is 1. The zero-order valence-corrected chi connectivity index (χ0v) is 10.1. The van der Waals surface area contributed by atoms with Crippen molar-refractivity contribution in [2.45, 2.75) is 57.9 Å². The smallest absolute Gasteiger partial charge is 0.191 e. The molecule has 2 rings (SSSR count). The summed E-state index contributed by atoms with van der Waals surface area (Å²) in [6.45, 7) is 1.87. The molecule has 0 aliphatic heterocycles. The molecule has 1 aliphatic carbocycles. The maximum Gasteiger partial charge on any atom is 0.191 e. The molecule has 16 heavy (non-hydrogen) atoms. The quantitative estimate of drug-likeness (QED) is 0.852. The minimum absolute atomic E-state index is 0.232. The van der Waals surface area contributed by atoms with Crippen LogP contribution in [0.15, 0.2) is 10.6 Å². The van der Waals surface area contributed by atoms with Crippen LogP contribution in [-0.4, -0.2) is 11.0 Å². The number of hydrogen-bond donors (Lipinski definition) is 1. The van der Waals surface area contributed by atoms with Crippen molar-refractivity contribution < 1.29 is 4.42 Å². The minimum atomic E-state index is 0.232. The Balaban J connectivity index is 1.77. The van der Waals surface area contributed by atoms with Gasteiger partial charge in [-0.1, -0.05) is 32.1 Å². The summed E-state index contributed by atoms with van der Waals surface area (Å²) in [5.74, 6) is 2.51. The first-order valence-corrected chi connectivity index (χ1v) is 6.41. The van der Waals surface area contributed by atoms with Crippen LogP contribution in [0.2, 0.25) is 0 Å². The lowest BCUT2D eigenvalue weighted by atomic mass is 9.84. The summed E-state index contributed by atoms with van der Waals surface area (Å²) < 4.78 is 5.45. The van der Waals surface area contributed by atoms with Gasteiger partial charge < -0.3 is 10.2 Å². The summed E-state index contributed by atoms with van der Waals surface area (Å²) in [7, 11) is 0. The molecule has 1 aromatic heterocycles. The SMILES string of the molecule is Cc1ncc(CC(N)CC2CCCCC2)o1. The lowest BCUT2D eigenvalue weighted by Gasteiger charge is -2.24. The van der Waals surface area contributed by atoms with E-state index in [-0.39, 0.29) is 6.04 Å². The maximum absolute atomic E-state index is 6.16. The van der Waals surface area contributed by atoms with E-state index in [2.05, 4.69) is 4.98 Å². The molecule has 2 N–H and O–H groups in total. The van der Waals surface area contributed by atoms with Gasteiger partial charge in [0.15, 0.2) is 5.89 Å². The molecule has 0 aromatic carbocycles. The molecule has 1 aliphatic rings. The number of aryl methyl sites for hydroxylation is 1. The third-order valence-electron chi connectivity index (χ3n) is 3.49. The van der Waals surface area contributed by atoms with Gasteiger partial charge >= 0.3 is 0 Å². The molecule has 3 heteroatoms. The van der Waals surface area contributed by atoms with E-state index in [1.165, 1.54) is 32.1 Å². The minimum Gasteiger partial charge on any atom is -0.446 e. The van der Waals surface area contributed by atoms with E-state index >= 15 is 0 Å². The van der Waals surface area contributed by atoms with Crippen molar-refractivity contribution in [2.24, 2.45) is 11.7 Å². The Morgan fingerprint density at radius 1 is 1.44 bits per heavy atom. The summed E-state index contributed by atoms with van der Waals surface area (Å²) >= 11 is 0. The fraction of sp³-hybridized carbons (Fsp3) is 0.769. The summed E-state index contributed by atoms with van der Waals surface area (Å²) in [5, 5.41) is 0. The van der Waals surface area contributed by atoms with E-state index in [0.29, 0.717) is 0 Å². The molecule has 3 nitrogen and oxygen atoms in total. The van der Waals surface area contributed by atoms with E-state index in [1.807, 2.05) is 6.92 Å². The van der Waals surface area contributed by atoms with Gasteiger partial charge in [-0.3, -0.25) is 0 Å². The number of rotatable bonds is 4. The van der Waals surface area contributed by atoms with Gasteiger partial charge in [-0.25, -0.2) is 4.98 Å². The van der Waals surface area contributed by atoms with Gasteiger partial charge in [-0.15, -0.1) is 0 Å². The van der Waals surface area contributed by atoms with Crippen molar-refractivity contribution in [1.82, 2.24) is 4.98 Å². The second-order valence-corrected chi connectivity index (χ2v) is 5.05. The highest BCUT2D eigenvalue weighted by Gasteiger charge is 2.17. The zero-order chi connectivity index (χ0) is 11.4. The first-order chi connectivity index (χ1) is 7.74. The zero-order valence-electron chi connectivity index (χ0n) is 10.1. The number of hydrogen-bond acceptors (Lipinski definition) is 3. The van der Waals surface area contributed by atoms with Crippen molar-refractivity contribution in [3.05, 3.63) is 17.8 Å². The van der Waals surface area contributed by atoms with Gasteiger partial charge in [-0.2, -0.15) is 0 Å². The monoisotopic (exact) mass is 222 g/mol. The van der Waals surface area contributed by atoms with Gasteiger partial charge in [0.05, 0.1) is 6.20 Å². The fourth-order valence-corrected chi connectivity index (χ4v) is 2.69. The van der Waals surface area contributed by atoms with Crippen LogP contribution >= 0.6 is 0 Å². The van der Waals surface area contributed by atoms with Gasteiger partial charge in [0, 0.05) is 19.4 Å².